The Morgan fingerprint density at radius 1 is 0.857 bits per heavy atom. The molecule has 1 fully saturated rings. The molecule has 56 heavy (non-hydrogen) atoms. The van der Waals surface area contributed by atoms with Gasteiger partial charge in [0.25, 0.3) is 5.69 Å². The van der Waals surface area contributed by atoms with E-state index in [4.69, 9.17) is 19.3 Å². The Balaban J connectivity index is 1.67. The van der Waals surface area contributed by atoms with Crippen molar-refractivity contribution in [3.63, 3.8) is 0 Å². The van der Waals surface area contributed by atoms with Crippen LogP contribution in [0.15, 0.2) is 136 Å². The van der Waals surface area contributed by atoms with Crippen molar-refractivity contribution < 1.29 is 38.3 Å². The van der Waals surface area contributed by atoms with Crippen LogP contribution in [0.25, 0.3) is 0 Å². The zero-order chi connectivity index (χ0) is 40.0. The number of amides is 1. The standard InChI is InChI=1S/C41H39N5O9S/c1-26(47)53-25-34(54-27(2)48)37-38(55-28(3)49)35-36(43-42-31-18-12-7-13-19-31)39(44(4)24-29-14-8-5-9-15-29)56-41(35,30-16-10-6-11-17-30)40(50)45(37)32-20-22-33(23-21-32)46(51)52/h5-23,34-35,37-38H,24-25H2,1-4H3/t34-,35+,37+,38+,41-/m0/s1. The molecule has 1 amide bonds. The van der Waals surface area contributed by atoms with Crippen LogP contribution in [0.2, 0.25) is 0 Å². The number of nitro benzene ring substituents is 1. The molecular weight excluding hydrogens is 739 g/mol. The summed E-state index contributed by atoms with van der Waals surface area (Å²) in [7, 11) is 1.86. The number of rotatable bonds is 13. The van der Waals surface area contributed by atoms with Gasteiger partial charge in [0, 0.05) is 52.2 Å². The number of hydrogen-bond acceptors (Lipinski definition) is 13. The predicted molar refractivity (Wildman–Crippen MR) is 207 cm³/mol. The number of carbonyl (C=O) groups excluding carboxylic acids is 4. The molecule has 0 aromatic heterocycles. The van der Waals surface area contributed by atoms with Crippen LogP contribution >= 0.6 is 11.8 Å². The highest BCUT2D eigenvalue weighted by Crippen LogP contribution is 2.63. The molecule has 6 rings (SSSR count). The Morgan fingerprint density at radius 2 is 1.46 bits per heavy atom. The van der Waals surface area contributed by atoms with E-state index in [0.717, 1.165) is 12.5 Å². The van der Waals surface area contributed by atoms with Crippen LogP contribution in [-0.4, -0.2) is 65.5 Å². The smallest absolute Gasteiger partial charge is 0.303 e. The average Bonchev–Trinajstić information content (AvgIpc) is 3.54. The quantitative estimate of drug-likeness (QED) is 0.0447. The van der Waals surface area contributed by atoms with Gasteiger partial charge in [-0.15, -0.1) is 0 Å². The Hall–Kier alpha value is -6.35. The van der Waals surface area contributed by atoms with Crippen LogP contribution in [0.3, 0.4) is 0 Å². The van der Waals surface area contributed by atoms with Crippen molar-refractivity contribution >= 4 is 52.6 Å². The summed E-state index contributed by atoms with van der Waals surface area (Å²) in [5, 5.41) is 21.7. The van der Waals surface area contributed by atoms with E-state index >= 15 is 4.79 Å². The van der Waals surface area contributed by atoms with E-state index in [1.807, 2.05) is 66.5 Å². The second kappa shape index (κ2) is 17.0. The molecule has 0 radical (unpaired) electrons. The number of non-ortho nitro benzene ring substituents is 1. The summed E-state index contributed by atoms with van der Waals surface area (Å²) in [4.78, 5) is 68.6. The first-order valence-corrected chi connectivity index (χ1v) is 18.5. The number of hydrogen-bond donors (Lipinski definition) is 0. The summed E-state index contributed by atoms with van der Waals surface area (Å²) in [6.45, 7) is 3.45. The van der Waals surface area contributed by atoms with Gasteiger partial charge in [-0.3, -0.25) is 29.3 Å². The molecule has 2 heterocycles. The minimum Gasteiger partial charge on any atom is -0.462 e. The summed E-state index contributed by atoms with van der Waals surface area (Å²) >= 11 is 1.22. The molecule has 15 heteroatoms. The maximum absolute atomic E-state index is 15.9. The molecule has 5 atom stereocenters. The summed E-state index contributed by atoms with van der Waals surface area (Å²) in [5.74, 6) is -3.78. The lowest BCUT2D eigenvalue weighted by Crippen LogP contribution is -2.69. The Bertz CT molecular complexity index is 2150. The highest BCUT2D eigenvalue weighted by Gasteiger charge is 2.68. The van der Waals surface area contributed by atoms with Crippen molar-refractivity contribution in [2.24, 2.45) is 16.1 Å². The average molecular weight is 778 g/mol. The Kier molecular flexibility index (Phi) is 11.9. The van der Waals surface area contributed by atoms with Gasteiger partial charge in [0.05, 0.1) is 21.6 Å². The topological polar surface area (TPSA) is 170 Å². The number of nitrogens with zero attached hydrogens (tertiary/aromatic N) is 5. The number of nitro groups is 1. The van der Waals surface area contributed by atoms with Gasteiger partial charge in [-0.25, -0.2) is 0 Å². The second-order valence-corrected chi connectivity index (χ2v) is 14.4. The van der Waals surface area contributed by atoms with Gasteiger partial charge in [-0.2, -0.15) is 10.2 Å². The monoisotopic (exact) mass is 777 g/mol. The van der Waals surface area contributed by atoms with E-state index in [1.165, 1.54) is 54.8 Å². The molecule has 0 N–H and O–H groups in total. The molecule has 0 saturated carbocycles. The van der Waals surface area contributed by atoms with Gasteiger partial charge in [0.15, 0.2) is 6.10 Å². The first kappa shape index (κ1) is 39.3. The molecule has 2 aliphatic rings. The Morgan fingerprint density at radius 3 is 2.04 bits per heavy atom. The van der Waals surface area contributed by atoms with E-state index < -0.39 is 64.3 Å². The zero-order valence-corrected chi connectivity index (χ0v) is 31.8. The summed E-state index contributed by atoms with van der Waals surface area (Å²) in [6, 6.07) is 31.6. The fourth-order valence-corrected chi connectivity index (χ4v) is 8.73. The molecule has 1 saturated heterocycles. The molecule has 4 aromatic rings. The molecule has 288 valence electrons. The fourth-order valence-electron chi connectivity index (χ4n) is 7.12. The van der Waals surface area contributed by atoms with Gasteiger partial charge < -0.3 is 24.0 Å². The molecule has 0 unspecified atom stereocenters. The molecule has 0 spiro atoms. The third kappa shape index (κ3) is 8.17. The number of anilines is 1. The van der Waals surface area contributed by atoms with Gasteiger partial charge in [-0.05, 0) is 35.4 Å². The van der Waals surface area contributed by atoms with Crippen molar-refractivity contribution in [1.29, 1.82) is 0 Å². The predicted octanol–water partition coefficient (Wildman–Crippen LogP) is 7.08. The largest absolute Gasteiger partial charge is 0.462 e. The highest BCUT2D eigenvalue weighted by atomic mass is 32.2. The summed E-state index contributed by atoms with van der Waals surface area (Å²) in [5.41, 5.74) is 2.30. The molecule has 4 aromatic carbocycles. The lowest BCUT2D eigenvalue weighted by atomic mass is 9.71. The minimum absolute atomic E-state index is 0.177. The first-order chi connectivity index (χ1) is 26.9. The van der Waals surface area contributed by atoms with E-state index in [2.05, 4.69) is 5.11 Å². The van der Waals surface area contributed by atoms with Crippen molar-refractivity contribution in [2.45, 2.75) is 50.3 Å². The van der Waals surface area contributed by atoms with Crippen LogP contribution in [-0.2, 0) is 44.7 Å². The number of thioether (sulfide) groups is 1. The number of benzene rings is 4. The Labute approximate surface area is 327 Å². The molecule has 0 bridgehead atoms. The summed E-state index contributed by atoms with van der Waals surface area (Å²) in [6.07, 6.45) is -2.72. The van der Waals surface area contributed by atoms with Crippen molar-refractivity contribution in [2.75, 3.05) is 18.6 Å². The molecule has 2 aliphatic heterocycles. The van der Waals surface area contributed by atoms with Gasteiger partial charge in [-0.1, -0.05) is 90.6 Å². The van der Waals surface area contributed by atoms with Gasteiger partial charge in [0.1, 0.15) is 29.2 Å². The van der Waals surface area contributed by atoms with Gasteiger partial charge in [0.2, 0.25) is 5.91 Å². The van der Waals surface area contributed by atoms with Crippen LogP contribution in [0.1, 0.15) is 31.9 Å². The molecule has 0 aliphatic carbocycles. The lowest BCUT2D eigenvalue weighted by molar-refractivity contribution is -0.384. The molecule has 14 nitrogen and oxygen atoms in total. The van der Waals surface area contributed by atoms with Crippen molar-refractivity contribution in [3.8, 4) is 0 Å². The highest BCUT2D eigenvalue weighted by molar-refractivity contribution is 8.05. The maximum Gasteiger partial charge on any atom is 0.303 e. The number of esters is 3. The fraction of sp³-hybridized carbons (Fsp3) is 0.268. The van der Waals surface area contributed by atoms with Crippen LogP contribution < -0.4 is 4.90 Å². The number of fused-ring (bicyclic) bond motifs is 1. The number of carbonyl (C=O) groups is 4. The van der Waals surface area contributed by atoms with Crippen molar-refractivity contribution in [1.82, 2.24) is 4.90 Å². The van der Waals surface area contributed by atoms with E-state index in [1.54, 1.807) is 36.4 Å². The zero-order valence-electron chi connectivity index (χ0n) is 31.0. The minimum atomic E-state index is -1.60. The number of piperidine rings is 1. The molecular formula is C41H39N5O9S. The SMILES string of the molecule is CC(=O)OC[C@H](OC(C)=O)[C@@H]1[C@H](OC(C)=O)[C@H]2C(N=Nc3ccccc3)=C(N(C)Cc3ccccc3)S[C@]2(c2ccccc2)C(=O)N1c1ccc([N+](=O)[O-])cc1. The lowest BCUT2D eigenvalue weighted by Gasteiger charge is -2.52. The van der Waals surface area contributed by atoms with Crippen LogP contribution in [0, 0.1) is 16.0 Å². The number of azo groups is 1. The number of ether oxygens (including phenoxy) is 3. The van der Waals surface area contributed by atoms with E-state index in [-0.39, 0.29) is 11.4 Å². The normalized spacial score (nSPS) is 21.0. The summed E-state index contributed by atoms with van der Waals surface area (Å²) < 4.78 is 15.9. The first-order valence-electron chi connectivity index (χ1n) is 17.7. The van der Waals surface area contributed by atoms with E-state index in [9.17, 15) is 24.5 Å². The third-order valence-electron chi connectivity index (χ3n) is 9.34. The van der Waals surface area contributed by atoms with Crippen LogP contribution in [0.5, 0.6) is 0 Å². The maximum atomic E-state index is 15.9. The van der Waals surface area contributed by atoms with Crippen molar-refractivity contribution in [3.05, 3.63) is 147 Å². The third-order valence-corrected chi connectivity index (χ3v) is 11.0. The van der Waals surface area contributed by atoms with E-state index in [0.29, 0.717) is 28.5 Å². The van der Waals surface area contributed by atoms with Crippen LogP contribution in [0.4, 0.5) is 17.1 Å². The second-order valence-electron chi connectivity index (χ2n) is 13.2. The van der Waals surface area contributed by atoms with Gasteiger partial charge >= 0.3 is 17.9 Å².